The summed E-state index contributed by atoms with van der Waals surface area (Å²) in [6.07, 6.45) is 2.75. The zero-order valence-electron chi connectivity index (χ0n) is 8.40. The Morgan fingerprint density at radius 3 is 2.80 bits per heavy atom. The first-order valence-corrected chi connectivity index (χ1v) is 5.09. The van der Waals surface area contributed by atoms with Crippen LogP contribution in [0.25, 0.3) is 17.2 Å². The molecule has 1 heteroatoms. The summed E-state index contributed by atoms with van der Waals surface area (Å²) < 4.78 is 0. The van der Waals surface area contributed by atoms with Crippen LogP contribution in [0.15, 0.2) is 43.0 Å². The number of aromatic nitrogens is 1. The highest BCUT2D eigenvalue weighted by molar-refractivity contribution is 5.75. The van der Waals surface area contributed by atoms with Crippen molar-refractivity contribution in [1.29, 1.82) is 0 Å². The first-order chi connectivity index (χ1) is 7.38. The second-order valence-electron chi connectivity index (χ2n) is 3.77. The molecule has 0 saturated heterocycles. The number of hydrogen-bond donors (Lipinski definition) is 0. The molecule has 0 spiro atoms. The van der Waals surface area contributed by atoms with Crippen molar-refractivity contribution in [1.82, 2.24) is 4.98 Å². The summed E-state index contributed by atoms with van der Waals surface area (Å²) in [6, 6.07) is 12.7. The lowest BCUT2D eigenvalue weighted by Crippen LogP contribution is -1.88. The van der Waals surface area contributed by atoms with E-state index in [0.717, 1.165) is 12.1 Å². The molecule has 1 aromatic carbocycles. The minimum Gasteiger partial charge on any atom is -0.252 e. The van der Waals surface area contributed by atoms with E-state index in [1.54, 1.807) is 6.08 Å². The van der Waals surface area contributed by atoms with Gasteiger partial charge in [-0.2, -0.15) is 0 Å². The SMILES string of the molecule is C=Cc1ccc2c(n1)Cc1ccccc1-2. The van der Waals surface area contributed by atoms with Crippen LogP contribution in [-0.2, 0) is 6.42 Å². The maximum Gasteiger partial charge on any atom is 0.0627 e. The van der Waals surface area contributed by atoms with Crippen molar-refractivity contribution in [3.8, 4) is 11.1 Å². The van der Waals surface area contributed by atoms with Gasteiger partial charge in [-0.25, -0.2) is 0 Å². The molecule has 0 unspecified atom stereocenters. The van der Waals surface area contributed by atoms with Crippen LogP contribution < -0.4 is 0 Å². The van der Waals surface area contributed by atoms with Gasteiger partial charge < -0.3 is 0 Å². The van der Waals surface area contributed by atoms with Crippen molar-refractivity contribution < 1.29 is 0 Å². The van der Waals surface area contributed by atoms with Crippen molar-refractivity contribution in [2.75, 3.05) is 0 Å². The predicted molar refractivity (Wildman–Crippen MR) is 62.6 cm³/mol. The molecule has 0 fully saturated rings. The van der Waals surface area contributed by atoms with E-state index in [0.29, 0.717) is 0 Å². The zero-order chi connectivity index (χ0) is 10.3. The van der Waals surface area contributed by atoms with Gasteiger partial charge in [-0.15, -0.1) is 0 Å². The van der Waals surface area contributed by atoms with Gasteiger partial charge in [0.15, 0.2) is 0 Å². The van der Waals surface area contributed by atoms with Crippen LogP contribution in [0.4, 0.5) is 0 Å². The molecule has 3 rings (SSSR count). The van der Waals surface area contributed by atoms with Gasteiger partial charge in [0, 0.05) is 12.0 Å². The highest BCUT2D eigenvalue weighted by Gasteiger charge is 2.18. The quantitative estimate of drug-likeness (QED) is 0.578. The van der Waals surface area contributed by atoms with E-state index in [4.69, 9.17) is 0 Å². The second kappa shape index (κ2) is 3.06. The van der Waals surface area contributed by atoms with Gasteiger partial charge in [0.2, 0.25) is 0 Å². The third kappa shape index (κ3) is 1.20. The molecule has 1 nitrogen and oxygen atoms in total. The fraction of sp³-hybridized carbons (Fsp3) is 0.0714. The number of benzene rings is 1. The molecule has 1 aliphatic carbocycles. The summed E-state index contributed by atoms with van der Waals surface area (Å²) in [5, 5.41) is 0. The summed E-state index contributed by atoms with van der Waals surface area (Å²) >= 11 is 0. The molecule has 1 aliphatic rings. The second-order valence-corrected chi connectivity index (χ2v) is 3.77. The van der Waals surface area contributed by atoms with Gasteiger partial charge in [-0.05, 0) is 23.3 Å². The van der Waals surface area contributed by atoms with E-state index in [-0.39, 0.29) is 0 Å². The molecule has 1 heterocycles. The Balaban J connectivity index is 2.22. The molecule has 0 aliphatic heterocycles. The van der Waals surface area contributed by atoms with Crippen molar-refractivity contribution in [2.45, 2.75) is 6.42 Å². The smallest absolute Gasteiger partial charge is 0.0627 e. The van der Waals surface area contributed by atoms with Crippen LogP contribution in [0, 0.1) is 0 Å². The molecule has 0 atom stereocenters. The number of hydrogen-bond acceptors (Lipinski definition) is 1. The van der Waals surface area contributed by atoms with Crippen molar-refractivity contribution in [3.05, 3.63) is 59.9 Å². The van der Waals surface area contributed by atoms with Crippen molar-refractivity contribution >= 4 is 6.08 Å². The Morgan fingerprint density at radius 1 is 1.07 bits per heavy atom. The number of nitrogens with zero attached hydrogens (tertiary/aromatic N) is 1. The van der Waals surface area contributed by atoms with Gasteiger partial charge in [-0.3, -0.25) is 4.98 Å². The Labute approximate surface area is 89.1 Å². The molecule has 0 amide bonds. The van der Waals surface area contributed by atoms with Crippen LogP contribution in [0.2, 0.25) is 0 Å². The van der Waals surface area contributed by atoms with Gasteiger partial charge in [0.05, 0.1) is 11.4 Å². The molecule has 2 aromatic rings. The molecule has 0 N–H and O–H groups in total. The molecule has 0 bridgehead atoms. The largest absolute Gasteiger partial charge is 0.252 e. The van der Waals surface area contributed by atoms with Crippen molar-refractivity contribution in [3.63, 3.8) is 0 Å². The zero-order valence-corrected chi connectivity index (χ0v) is 8.40. The van der Waals surface area contributed by atoms with E-state index in [1.165, 1.54) is 22.4 Å². The van der Waals surface area contributed by atoms with Crippen LogP contribution in [0.3, 0.4) is 0 Å². The Kier molecular flexibility index (Phi) is 1.72. The highest BCUT2D eigenvalue weighted by Crippen LogP contribution is 2.35. The molecule has 0 radical (unpaired) electrons. The normalized spacial score (nSPS) is 12.0. The maximum absolute atomic E-state index is 4.57. The molecule has 0 saturated carbocycles. The topological polar surface area (TPSA) is 12.9 Å². The van der Waals surface area contributed by atoms with Gasteiger partial charge >= 0.3 is 0 Å². The third-order valence-corrected chi connectivity index (χ3v) is 2.87. The summed E-state index contributed by atoms with van der Waals surface area (Å²) in [6.45, 7) is 3.74. The summed E-state index contributed by atoms with van der Waals surface area (Å²) in [5.74, 6) is 0. The monoisotopic (exact) mass is 193 g/mol. The van der Waals surface area contributed by atoms with Crippen LogP contribution in [0.1, 0.15) is 17.0 Å². The molecular weight excluding hydrogens is 182 g/mol. The average molecular weight is 193 g/mol. The Bertz CT molecular complexity index is 541. The lowest BCUT2D eigenvalue weighted by Gasteiger charge is -2.00. The molecule has 72 valence electrons. The first kappa shape index (κ1) is 8.42. The minimum atomic E-state index is 0.952. The van der Waals surface area contributed by atoms with Gasteiger partial charge in [-0.1, -0.05) is 36.9 Å². The van der Waals surface area contributed by atoms with E-state index in [2.05, 4.69) is 41.9 Å². The predicted octanol–water partition coefficient (Wildman–Crippen LogP) is 3.30. The highest BCUT2D eigenvalue weighted by atomic mass is 14.7. The number of rotatable bonds is 1. The minimum absolute atomic E-state index is 0.952. The summed E-state index contributed by atoms with van der Waals surface area (Å²) in [7, 11) is 0. The van der Waals surface area contributed by atoms with Gasteiger partial charge in [0.25, 0.3) is 0 Å². The fourth-order valence-electron chi connectivity index (χ4n) is 2.13. The van der Waals surface area contributed by atoms with Gasteiger partial charge in [0.1, 0.15) is 0 Å². The lowest BCUT2D eigenvalue weighted by molar-refractivity contribution is 1.11. The summed E-state index contributed by atoms with van der Waals surface area (Å²) in [5.41, 5.74) is 6.11. The Morgan fingerprint density at radius 2 is 1.93 bits per heavy atom. The average Bonchev–Trinajstić information content (AvgIpc) is 2.66. The number of fused-ring (bicyclic) bond motifs is 3. The van der Waals surface area contributed by atoms with E-state index in [9.17, 15) is 0 Å². The lowest BCUT2D eigenvalue weighted by atomic mass is 10.1. The van der Waals surface area contributed by atoms with E-state index in [1.807, 2.05) is 6.07 Å². The summed E-state index contributed by atoms with van der Waals surface area (Å²) in [4.78, 5) is 4.57. The fourth-order valence-corrected chi connectivity index (χ4v) is 2.13. The first-order valence-electron chi connectivity index (χ1n) is 5.09. The van der Waals surface area contributed by atoms with Crippen LogP contribution in [-0.4, -0.2) is 4.98 Å². The maximum atomic E-state index is 4.57. The van der Waals surface area contributed by atoms with Crippen molar-refractivity contribution in [2.24, 2.45) is 0 Å². The number of pyridine rings is 1. The molecule has 1 aromatic heterocycles. The van der Waals surface area contributed by atoms with Crippen LogP contribution in [0.5, 0.6) is 0 Å². The standard InChI is InChI=1S/C14H11N/c1-2-11-7-8-13-12-6-4-3-5-10(12)9-14(13)15-11/h2-8H,1,9H2. The molecular formula is C14H11N. The molecule has 15 heavy (non-hydrogen) atoms. The van der Waals surface area contributed by atoms with E-state index >= 15 is 0 Å². The third-order valence-electron chi connectivity index (χ3n) is 2.87. The Hall–Kier alpha value is -1.89. The van der Waals surface area contributed by atoms with E-state index < -0.39 is 0 Å². The van der Waals surface area contributed by atoms with Crippen LogP contribution >= 0.6 is 0 Å².